The second kappa shape index (κ2) is 1.73. The van der Waals surface area contributed by atoms with E-state index in [1.165, 1.54) is 0 Å². The molecule has 0 amide bonds. The molecule has 0 unspecified atom stereocenters. The van der Waals surface area contributed by atoms with Crippen molar-refractivity contribution >= 4 is 5.78 Å². The fourth-order valence-corrected chi connectivity index (χ4v) is 0.539. The van der Waals surface area contributed by atoms with E-state index in [0.29, 0.717) is 0 Å². The van der Waals surface area contributed by atoms with Gasteiger partial charge in [0.15, 0.2) is 5.78 Å². The molecule has 1 aliphatic rings. The van der Waals surface area contributed by atoms with Gasteiger partial charge in [0.2, 0.25) is 0 Å². The van der Waals surface area contributed by atoms with Crippen LogP contribution in [0.25, 0.3) is 0 Å². The molecule has 1 aliphatic carbocycles. The Labute approximate surface area is 49.4 Å². The lowest BCUT2D eigenvalue weighted by Crippen LogP contribution is -2.07. The minimum atomic E-state index is 0.167. The van der Waals surface area contributed by atoms with Gasteiger partial charge in [-0.3, -0.25) is 4.79 Å². The average Bonchev–Trinajstić information content (AvgIpc) is 2.43. The summed E-state index contributed by atoms with van der Waals surface area (Å²) in [5.74, 6) is 1.34. The zero-order valence-electron chi connectivity index (χ0n) is 5.14. The fraction of sp³-hybridized carbons (Fsp3) is 0.429. The van der Waals surface area contributed by atoms with E-state index >= 15 is 0 Å². The molecule has 1 radical (unpaired) electrons. The van der Waals surface area contributed by atoms with Crippen molar-refractivity contribution in [2.45, 2.75) is 13.8 Å². The summed E-state index contributed by atoms with van der Waals surface area (Å²) >= 11 is 0. The van der Waals surface area contributed by atoms with Gasteiger partial charge in [-0.05, 0) is 0 Å². The minimum absolute atomic E-state index is 0.167. The highest BCUT2D eigenvalue weighted by atomic mass is 16.1. The molecule has 1 nitrogen and oxygen atoms in total. The van der Waals surface area contributed by atoms with E-state index in [0.717, 1.165) is 5.92 Å². The van der Waals surface area contributed by atoms with E-state index in [2.05, 4.69) is 0 Å². The molecule has 0 aromatic rings. The second-order valence-electron chi connectivity index (χ2n) is 2.31. The Bertz CT molecular complexity index is 123. The average molecular weight is 109 g/mol. The second-order valence-corrected chi connectivity index (χ2v) is 2.31. The molecule has 0 saturated heterocycles. The zero-order chi connectivity index (χ0) is 6.15. The summed E-state index contributed by atoms with van der Waals surface area (Å²) in [6.07, 6.45) is 3.70. The molecule has 0 saturated carbocycles. The maximum absolute atomic E-state index is 10.8. The third kappa shape index (κ3) is 0.971. The Balaban J connectivity index is 2.34. The Hall–Kier alpha value is -0.590. The van der Waals surface area contributed by atoms with Crippen LogP contribution in [-0.4, -0.2) is 5.78 Å². The topological polar surface area (TPSA) is 17.1 Å². The van der Waals surface area contributed by atoms with Crippen LogP contribution in [-0.2, 0) is 4.79 Å². The van der Waals surface area contributed by atoms with Gasteiger partial charge in [-0.1, -0.05) is 26.0 Å². The van der Waals surface area contributed by atoms with Crippen molar-refractivity contribution in [3.8, 4) is 0 Å². The Morgan fingerprint density at radius 3 is 2.12 bits per heavy atom. The summed E-state index contributed by atoms with van der Waals surface area (Å²) in [5, 5.41) is 0. The first-order chi connectivity index (χ1) is 3.72. The molecule has 0 spiro atoms. The molecule has 0 aliphatic heterocycles. The Morgan fingerprint density at radius 2 is 2.00 bits per heavy atom. The van der Waals surface area contributed by atoms with Crippen LogP contribution in [0.4, 0.5) is 0 Å². The van der Waals surface area contributed by atoms with Crippen molar-refractivity contribution in [1.29, 1.82) is 0 Å². The quantitative estimate of drug-likeness (QED) is 0.523. The summed E-state index contributed by atoms with van der Waals surface area (Å²) < 4.78 is 0. The van der Waals surface area contributed by atoms with Crippen LogP contribution in [0.2, 0.25) is 0 Å². The number of hydrogen-bond acceptors (Lipinski definition) is 1. The molecule has 43 valence electrons. The van der Waals surface area contributed by atoms with Crippen LogP contribution in [0.3, 0.4) is 0 Å². The van der Waals surface area contributed by atoms with Gasteiger partial charge < -0.3 is 0 Å². The fourth-order valence-electron chi connectivity index (χ4n) is 0.539. The summed E-state index contributed by atoms with van der Waals surface area (Å²) in [5.41, 5.74) is 0. The lowest BCUT2D eigenvalue weighted by atomic mass is 10.0. The highest BCUT2D eigenvalue weighted by Gasteiger charge is 2.23. The number of allylic oxidation sites excluding steroid dienone is 2. The largest absolute Gasteiger partial charge is 0.298 e. The van der Waals surface area contributed by atoms with E-state index in [4.69, 9.17) is 0 Å². The zero-order valence-corrected chi connectivity index (χ0v) is 5.14. The van der Waals surface area contributed by atoms with Crippen LogP contribution in [0.15, 0.2) is 12.2 Å². The minimum Gasteiger partial charge on any atom is -0.298 e. The third-order valence-corrected chi connectivity index (χ3v) is 1.14. The van der Waals surface area contributed by atoms with Crippen LogP contribution < -0.4 is 0 Å². The maximum atomic E-state index is 10.8. The van der Waals surface area contributed by atoms with Gasteiger partial charge in [-0.25, -0.2) is 0 Å². The number of Topliss-reactive ketones (excluding diaryl/α,β-unsaturated/α-hetero) is 1. The first-order valence-electron chi connectivity index (χ1n) is 2.81. The van der Waals surface area contributed by atoms with E-state index in [1.807, 2.05) is 26.0 Å². The standard InChI is InChI=1S/C7H9O/c1-5(2)7(8)6-3-4-6/h3-5H,1-2H3. The van der Waals surface area contributed by atoms with Crippen LogP contribution in [0.5, 0.6) is 0 Å². The molecule has 0 bridgehead atoms. The summed E-state index contributed by atoms with van der Waals surface area (Å²) in [6.45, 7) is 3.82. The summed E-state index contributed by atoms with van der Waals surface area (Å²) in [6, 6.07) is 0. The van der Waals surface area contributed by atoms with Gasteiger partial charge in [0, 0.05) is 5.92 Å². The van der Waals surface area contributed by atoms with Crippen LogP contribution >= 0.6 is 0 Å². The first kappa shape index (κ1) is 5.54. The molecule has 8 heavy (non-hydrogen) atoms. The molecule has 0 atom stereocenters. The number of hydrogen-bond donors (Lipinski definition) is 0. The number of carbonyl (C=O) groups excluding carboxylic acids is 1. The van der Waals surface area contributed by atoms with Crippen LogP contribution in [0.1, 0.15) is 13.8 Å². The third-order valence-electron chi connectivity index (χ3n) is 1.14. The van der Waals surface area contributed by atoms with Crippen molar-refractivity contribution < 1.29 is 4.79 Å². The molecular formula is C7H9O. The van der Waals surface area contributed by atoms with E-state index in [1.54, 1.807) is 0 Å². The molecular weight excluding hydrogens is 100 g/mol. The molecule has 0 heterocycles. The normalized spacial score (nSPS) is 17.4. The number of rotatable bonds is 2. The number of carbonyl (C=O) groups is 1. The van der Waals surface area contributed by atoms with Crippen LogP contribution in [0, 0.1) is 11.8 Å². The molecule has 1 heteroatoms. The molecule has 0 aromatic heterocycles. The van der Waals surface area contributed by atoms with Gasteiger partial charge in [0.25, 0.3) is 0 Å². The molecule has 0 N–H and O–H groups in total. The predicted molar refractivity (Wildman–Crippen MR) is 32.2 cm³/mol. The lowest BCUT2D eigenvalue weighted by molar-refractivity contribution is -0.118. The van der Waals surface area contributed by atoms with Crippen molar-refractivity contribution in [2.24, 2.45) is 5.92 Å². The molecule has 1 rings (SSSR count). The van der Waals surface area contributed by atoms with Gasteiger partial charge in [-0.2, -0.15) is 0 Å². The van der Waals surface area contributed by atoms with E-state index in [9.17, 15) is 4.79 Å². The van der Waals surface area contributed by atoms with E-state index in [-0.39, 0.29) is 11.7 Å². The van der Waals surface area contributed by atoms with Gasteiger partial charge >= 0.3 is 0 Å². The van der Waals surface area contributed by atoms with E-state index < -0.39 is 0 Å². The molecule has 0 aromatic carbocycles. The Morgan fingerprint density at radius 1 is 1.50 bits per heavy atom. The highest BCUT2D eigenvalue weighted by Crippen LogP contribution is 2.22. The Kier molecular flexibility index (Phi) is 1.20. The molecule has 0 fully saturated rings. The van der Waals surface area contributed by atoms with Crippen molar-refractivity contribution in [2.75, 3.05) is 0 Å². The SMILES string of the molecule is CC(C)C(=O)[C]1C=C1. The first-order valence-corrected chi connectivity index (χ1v) is 2.81. The highest BCUT2D eigenvalue weighted by molar-refractivity contribution is 6.02. The van der Waals surface area contributed by atoms with Crippen molar-refractivity contribution in [3.63, 3.8) is 0 Å². The lowest BCUT2D eigenvalue weighted by Gasteiger charge is -1.97. The maximum Gasteiger partial charge on any atom is 0.150 e. The number of ketones is 1. The van der Waals surface area contributed by atoms with Gasteiger partial charge in [-0.15, -0.1) is 0 Å². The smallest absolute Gasteiger partial charge is 0.150 e. The van der Waals surface area contributed by atoms with Gasteiger partial charge in [0.1, 0.15) is 0 Å². The predicted octanol–water partition coefficient (Wildman–Crippen LogP) is 1.36. The summed E-state index contributed by atoms with van der Waals surface area (Å²) in [7, 11) is 0. The van der Waals surface area contributed by atoms with Gasteiger partial charge in [0.05, 0.1) is 5.92 Å². The summed E-state index contributed by atoms with van der Waals surface area (Å²) in [4.78, 5) is 10.8. The van der Waals surface area contributed by atoms with Crippen molar-refractivity contribution in [3.05, 3.63) is 18.1 Å². The monoisotopic (exact) mass is 109 g/mol. The van der Waals surface area contributed by atoms with Crippen molar-refractivity contribution in [1.82, 2.24) is 0 Å².